The number of nitrogens with one attached hydrogen (secondary N) is 1. The highest BCUT2D eigenvalue weighted by atomic mass is 35.5. The third-order valence-corrected chi connectivity index (χ3v) is 5.28. The summed E-state index contributed by atoms with van der Waals surface area (Å²) in [6.07, 6.45) is -4.23. The quantitative estimate of drug-likeness (QED) is 0.670. The Morgan fingerprint density at radius 1 is 1.37 bits per heavy atom. The van der Waals surface area contributed by atoms with Crippen molar-refractivity contribution in [3.05, 3.63) is 40.7 Å². The van der Waals surface area contributed by atoms with Crippen LogP contribution in [0.25, 0.3) is 0 Å². The second kappa shape index (κ2) is 8.55. The van der Waals surface area contributed by atoms with Crippen LogP contribution in [0.2, 0.25) is 5.15 Å². The SMILES string of the molecule is CCc1cc(N2CCN(C(=O)O)CC2C)ccc1Nc1ncc(C(F)(F)F)c(Cl)n1. The molecule has 0 bridgehead atoms. The Hall–Kier alpha value is -2.75. The lowest BCUT2D eigenvalue weighted by Crippen LogP contribution is -2.53. The first kappa shape index (κ1) is 21.9. The smallest absolute Gasteiger partial charge is 0.420 e. The van der Waals surface area contributed by atoms with Crippen LogP contribution < -0.4 is 10.2 Å². The van der Waals surface area contributed by atoms with E-state index < -0.39 is 23.0 Å². The first-order valence-corrected chi connectivity index (χ1v) is 9.72. The van der Waals surface area contributed by atoms with Gasteiger partial charge in [0.05, 0.1) is 0 Å². The highest BCUT2D eigenvalue weighted by molar-refractivity contribution is 6.30. The van der Waals surface area contributed by atoms with Gasteiger partial charge in [-0.05, 0) is 37.1 Å². The molecule has 7 nitrogen and oxygen atoms in total. The molecule has 0 radical (unpaired) electrons. The van der Waals surface area contributed by atoms with Crippen LogP contribution in [0.4, 0.5) is 35.3 Å². The zero-order valence-electron chi connectivity index (χ0n) is 16.4. The Morgan fingerprint density at radius 2 is 2.10 bits per heavy atom. The molecule has 1 amide bonds. The first-order chi connectivity index (χ1) is 14.1. The number of piperazine rings is 1. The van der Waals surface area contributed by atoms with E-state index in [9.17, 15) is 18.0 Å². The molecule has 1 fully saturated rings. The number of amides is 1. The number of carboxylic acid groups (broad SMARTS) is 1. The number of nitrogens with zero attached hydrogens (tertiary/aromatic N) is 4. The number of aryl methyl sites for hydroxylation is 1. The van der Waals surface area contributed by atoms with E-state index in [-0.39, 0.29) is 12.0 Å². The first-order valence-electron chi connectivity index (χ1n) is 9.34. The number of hydrogen-bond donors (Lipinski definition) is 2. The molecular formula is C19H21ClF3N5O2. The van der Waals surface area contributed by atoms with Crippen molar-refractivity contribution in [2.24, 2.45) is 0 Å². The lowest BCUT2D eigenvalue weighted by Gasteiger charge is -2.40. The Bertz CT molecular complexity index is 941. The number of halogens is 4. The van der Waals surface area contributed by atoms with Crippen molar-refractivity contribution in [3.63, 3.8) is 0 Å². The fourth-order valence-corrected chi connectivity index (χ4v) is 3.66. The highest BCUT2D eigenvalue weighted by Gasteiger charge is 2.34. The number of carbonyl (C=O) groups is 1. The Kier molecular flexibility index (Phi) is 6.25. The summed E-state index contributed by atoms with van der Waals surface area (Å²) < 4.78 is 38.5. The van der Waals surface area contributed by atoms with E-state index in [2.05, 4.69) is 20.2 Å². The average Bonchev–Trinajstić information content (AvgIpc) is 2.67. The van der Waals surface area contributed by atoms with E-state index in [0.717, 1.165) is 11.3 Å². The minimum atomic E-state index is -4.62. The third-order valence-electron chi connectivity index (χ3n) is 4.99. The fraction of sp³-hybridized carbons (Fsp3) is 0.421. The monoisotopic (exact) mass is 443 g/mol. The zero-order valence-corrected chi connectivity index (χ0v) is 17.1. The van der Waals surface area contributed by atoms with Crippen molar-refractivity contribution in [2.45, 2.75) is 32.5 Å². The van der Waals surface area contributed by atoms with Crippen molar-refractivity contribution >= 4 is 35.0 Å². The molecule has 1 aromatic heterocycles. The summed E-state index contributed by atoms with van der Waals surface area (Å²) in [4.78, 5) is 22.1. The van der Waals surface area contributed by atoms with E-state index in [4.69, 9.17) is 16.7 Å². The third kappa shape index (κ3) is 4.69. The van der Waals surface area contributed by atoms with Gasteiger partial charge >= 0.3 is 12.3 Å². The Balaban J connectivity index is 1.80. The van der Waals surface area contributed by atoms with Gasteiger partial charge in [0.15, 0.2) is 0 Å². The minimum Gasteiger partial charge on any atom is -0.465 e. The van der Waals surface area contributed by atoms with Gasteiger partial charge in [0.25, 0.3) is 0 Å². The molecule has 1 aromatic carbocycles. The zero-order chi connectivity index (χ0) is 22.1. The lowest BCUT2D eigenvalue weighted by atomic mass is 10.1. The van der Waals surface area contributed by atoms with Crippen molar-refractivity contribution in [1.82, 2.24) is 14.9 Å². The van der Waals surface area contributed by atoms with Gasteiger partial charge in [-0.3, -0.25) is 0 Å². The van der Waals surface area contributed by atoms with E-state index in [0.29, 0.717) is 37.9 Å². The summed E-state index contributed by atoms with van der Waals surface area (Å²) >= 11 is 5.67. The number of benzene rings is 1. The van der Waals surface area contributed by atoms with Crippen LogP contribution in [0.5, 0.6) is 0 Å². The Morgan fingerprint density at radius 3 is 2.67 bits per heavy atom. The van der Waals surface area contributed by atoms with Gasteiger partial charge in [0, 0.05) is 43.2 Å². The summed E-state index contributed by atoms with van der Waals surface area (Å²) in [5, 5.41) is 11.4. The van der Waals surface area contributed by atoms with E-state index in [1.807, 2.05) is 26.0 Å². The molecule has 30 heavy (non-hydrogen) atoms. The summed E-state index contributed by atoms with van der Waals surface area (Å²) in [7, 11) is 0. The molecule has 1 unspecified atom stereocenters. The van der Waals surface area contributed by atoms with Gasteiger partial charge in [-0.15, -0.1) is 0 Å². The maximum Gasteiger partial charge on any atom is 0.420 e. The van der Waals surface area contributed by atoms with Crippen molar-refractivity contribution in [1.29, 1.82) is 0 Å². The van der Waals surface area contributed by atoms with Crippen LogP contribution in [0.15, 0.2) is 24.4 Å². The van der Waals surface area contributed by atoms with E-state index >= 15 is 0 Å². The molecule has 162 valence electrons. The number of aromatic nitrogens is 2. The van der Waals surface area contributed by atoms with Gasteiger partial charge in [-0.1, -0.05) is 18.5 Å². The van der Waals surface area contributed by atoms with E-state index in [1.54, 1.807) is 6.07 Å². The van der Waals surface area contributed by atoms with Crippen LogP contribution in [0.3, 0.4) is 0 Å². The molecule has 2 aromatic rings. The summed E-state index contributed by atoms with van der Waals surface area (Å²) in [6.45, 7) is 5.32. The molecule has 11 heteroatoms. The molecule has 1 aliphatic rings. The number of hydrogen-bond acceptors (Lipinski definition) is 5. The number of rotatable bonds is 4. The second-order valence-electron chi connectivity index (χ2n) is 6.99. The van der Waals surface area contributed by atoms with Crippen LogP contribution in [-0.4, -0.2) is 51.7 Å². The second-order valence-corrected chi connectivity index (χ2v) is 7.34. The molecule has 1 atom stereocenters. The summed E-state index contributed by atoms with van der Waals surface area (Å²) in [5.41, 5.74) is 1.44. The van der Waals surface area contributed by atoms with Crippen molar-refractivity contribution in [2.75, 3.05) is 29.9 Å². The maximum atomic E-state index is 12.8. The van der Waals surface area contributed by atoms with Gasteiger partial charge in [0.2, 0.25) is 5.95 Å². The molecule has 0 spiro atoms. The molecular weight excluding hydrogens is 423 g/mol. The van der Waals surface area contributed by atoms with Crippen molar-refractivity contribution in [3.8, 4) is 0 Å². The van der Waals surface area contributed by atoms with Crippen LogP contribution in [0, 0.1) is 0 Å². The van der Waals surface area contributed by atoms with E-state index in [1.165, 1.54) is 4.90 Å². The predicted octanol–water partition coefficient (Wildman–Crippen LogP) is 4.64. The highest BCUT2D eigenvalue weighted by Crippen LogP contribution is 2.34. The minimum absolute atomic E-state index is 0.00965. The standard InChI is InChI=1S/C19H21ClF3N5O2/c1-3-12-8-13(28-7-6-27(18(29)30)10-11(28)2)4-5-15(12)25-17-24-9-14(16(20)26-17)19(21,22)23/h4-5,8-9,11H,3,6-7,10H2,1-2H3,(H,29,30)(H,24,25,26). The topological polar surface area (TPSA) is 81.6 Å². The summed E-state index contributed by atoms with van der Waals surface area (Å²) in [6, 6.07) is 5.66. The Labute approximate surface area is 176 Å². The largest absolute Gasteiger partial charge is 0.465 e. The molecule has 2 heterocycles. The molecule has 0 saturated carbocycles. The average molecular weight is 444 g/mol. The molecule has 2 N–H and O–H groups in total. The maximum absolute atomic E-state index is 12.8. The fourth-order valence-electron chi connectivity index (χ4n) is 3.42. The van der Waals surface area contributed by atoms with Crippen molar-refractivity contribution < 1.29 is 23.1 Å². The number of anilines is 3. The molecule has 0 aliphatic carbocycles. The predicted molar refractivity (Wildman–Crippen MR) is 108 cm³/mol. The van der Waals surface area contributed by atoms with Gasteiger partial charge < -0.3 is 20.2 Å². The van der Waals surface area contributed by atoms with Gasteiger partial charge in [-0.25, -0.2) is 14.8 Å². The van der Waals surface area contributed by atoms with Crippen LogP contribution in [-0.2, 0) is 12.6 Å². The molecule has 3 rings (SSSR count). The number of alkyl halides is 3. The summed E-state index contributed by atoms with van der Waals surface area (Å²) in [5.74, 6) is -0.0288. The molecule has 1 aliphatic heterocycles. The lowest BCUT2D eigenvalue weighted by molar-refractivity contribution is -0.137. The van der Waals surface area contributed by atoms with Gasteiger partial charge in [0.1, 0.15) is 10.7 Å². The van der Waals surface area contributed by atoms with Crippen LogP contribution in [0.1, 0.15) is 25.0 Å². The van der Waals surface area contributed by atoms with Crippen LogP contribution >= 0.6 is 11.6 Å². The normalized spacial score (nSPS) is 17.2. The molecule has 1 saturated heterocycles. The van der Waals surface area contributed by atoms with Gasteiger partial charge in [-0.2, -0.15) is 13.2 Å².